The molecule has 1 heterocycles. The third kappa shape index (κ3) is 8.02. The molecule has 24 heavy (non-hydrogen) atoms. The number of rotatable bonds is 7. The van der Waals surface area contributed by atoms with Crippen LogP contribution in [0.4, 0.5) is 0 Å². The summed E-state index contributed by atoms with van der Waals surface area (Å²) in [5.74, 6) is 1.01. The molecule has 0 amide bonds. The molecule has 1 fully saturated rings. The van der Waals surface area contributed by atoms with Gasteiger partial charge in [-0.25, -0.2) is 0 Å². The quantitative estimate of drug-likeness (QED) is 0.334. The molecule has 0 radical (unpaired) electrons. The Hall–Kier alpha value is -1.26. The van der Waals surface area contributed by atoms with Gasteiger partial charge >= 0.3 is 5.97 Å². The Morgan fingerprint density at radius 2 is 1.88 bits per heavy atom. The van der Waals surface area contributed by atoms with E-state index in [-0.39, 0.29) is 11.9 Å². The summed E-state index contributed by atoms with van der Waals surface area (Å²) in [4.78, 5) is 18.9. The van der Waals surface area contributed by atoms with Crippen molar-refractivity contribution in [2.45, 2.75) is 66.7 Å². The van der Waals surface area contributed by atoms with Crippen LogP contribution >= 0.6 is 0 Å². The lowest BCUT2D eigenvalue weighted by Crippen LogP contribution is -2.46. The van der Waals surface area contributed by atoms with Crippen molar-refractivity contribution in [1.29, 1.82) is 0 Å². The Morgan fingerprint density at radius 1 is 1.21 bits per heavy atom. The predicted octanol–water partition coefficient (Wildman–Crippen LogP) is 3.44. The zero-order valence-corrected chi connectivity index (χ0v) is 16.4. The smallest absolute Gasteiger partial charge is 0.309 e. The summed E-state index contributed by atoms with van der Waals surface area (Å²) in [6.45, 7) is 14.8. The second-order valence-electron chi connectivity index (χ2n) is 7.77. The third-order valence-corrected chi connectivity index (χ3v) is 4.35. The van der Waals surface area contributed by atoms with Crippen LogP contribution in [0.15, 0.2) is 4.99 Å². The van der Waals surface area contributed by atoms with Gasteiger partial charge in [-0.2, -0.15) is 0 Å². The van der Waals surface area contributed by atoms with Crippen LogP contribution in [0, 0.1) is 11.3 Å². The fraction of sp³-hybridized carbons (Fsp3) is 0.895. The number of hydrogen-bond donors (Lipinski definition) is 1. The molecule has 0 aromatic carbocycles. The second-order valence-corrected chi connectivity index (χ2v) is 7.77. The molecule has 0 spiro atoms. The van der Waals surface area contributed by atoms with Crippen LogP contribution in [-0.2, 0) is 9.53 Å². The van der Waals surface area contributed by atoms with E-state index in [4.69, 9.17) is 9.73 Å². The van der Waals surface area contributed by atoms with Crippen LogP contribution in [0.2, 0.25) is 0 Å². The number of unbranched alkanes of at least 4 members (excludes halogenated alkanes) is 1. The number of hydrogen-bond acceptors (Lipinski definition) is 3. The number of carbonyl (C=O) groups is 1. The van der Waals surface area contributed by atoms with Crippen molar-refractivity contribution < 1.29 is 9.53 Å². The molecule has 5 heteroatoms. The lowest BCUT2D eigenvalue weighted by atomic mass is 9.90. The highest BCUT2D eigenvalue weighted by molar-refractivity contribution is 5.80. The van der Waals surface area contributed by atoms with E-state index in [2.05, 4.69) is 37.9 Å². The van der Waals surface area contributed by atoms with Gasteiger partial charge in [0.05, 0.1) is 12.5 Å². The predicted molar refractivity (Wildman–Crippen MR) is 100 cm³/mol. The molecular weight excluding hydrogens is 302 g/mol. The molecule has 0 aromatic heterocycles. The van der Waals surface area contributed by atoms with Crippen LogP contribution in [0.5, 0.6) is 0 Å². The van der Waals surface area contributed by atoms with Crippen LogP contribution in [0.25, 0.3) is 0 Å². The monoisotopic (exact) mass is 339 g/mol. The molecular formula is C19H37N3O2. The van der Waals surface area contributed by atoms with Gasteiger partial charge in [-0.15, -0.1) is 0 Å². The van der Waals surface area contributed by atoms with E-state index >= 15 is 0 Å². The van der Waals surface area contributed by atoms with Crippen LogP contribution in [0.3, 0.4) is 0 Å². The largest absolute Gasteiger partial charge is 0.466 e. The van der Waals surface area contributed by atoms with Crippen molar-refractivity contribution in [2.75, 3.05) is 32.8 Å². The van der Waals surface area contributed by atoms with Gasteiger partial charge in [0.25, 0.3) is 0 Å². The lowest BCUT2D eigenvalue weighted by molar-refractivity contribution is -0.149. The second kappa shape index (κ2) is 10.6. The summed E-state index contributed by atoms with van der Waals surface area (Å²) < 4.78 is 5.14. The minimum Gasteiger partial charge on any atom is -0.466 e. The minimum atomic E-state index is -0.0405. The van der Waals surface area contributed by atoms with Gasteiger partial charge in [0.15, 0.2) is 5.96 Å². The molecule has 5 nitrogen and oxygen atoms in total. The van der Waals surface area contributed by atoms with Crippen LogP contribution in [-0.4, -0.2) is 49.6 Å². The van der Waals surface area contributed by atoms with E-state index in [1.54, 1.807) is 0 Å². The maximum absolute atomic E-state index is 11.8. The minimum absolute atomic E-state index is 0.0405. The molecule has 0 aromatic rings. The molecule has 1 aliphatic rings. The van der Waals surface area contributed by atoms with Crippen molar-refractivity contribution >= 4 is 11.9 Å². The summed E-state index contributed by atoms with van der Waals surface area (Å²) in [6, 6.07) is 0. The topological polar surface area (TPSA) is 53.9 Å². The first-order chi connectivity index (χ1) is 11.4. The van der Waals surface area contributed by atoms with Crippen molar-refractivity contribution in [3.8, 4) is 0 Å². The summed E-state index contributed by atoms with van der Waals surface area (Å²) >= 11 is 0. The molecule has 0 saturated carbocycles. The highest BCUT2D eigenvalue weighted by atomic mass is 16.5. The van der Waals surface area contributed by atoms with E-state index in [0.717, 1.165) is 51.4 Å². The van der Waals surface area contributed by atoms with E-state index in [9.17, 15) is 4.79 Å². The van der Waals surface area contributed by atoms with Gasteiger partial charge < -0.3 is 15.0 Å². The number of carbonyl (C=O) groups excluding carboxylic acids is 1. The molecule has 1 N–H and O–H groups in total. The Morgan fingerprint density at radius 3 is 2.42 bits per heavy atom. The Balaban J connectivity index is 2.42. The van der Waals surface area contributed by atoms with E-state index in [1.165, 1.54) is 12.8 Å². The highest BCUT2D eigenvalue weighted by Gasteiger charge is 2.27. The Kier molecular flexibility index (Phi) is 9.16. The molecule has 0 unspecified atom stereocenters. The van der Waals surface area contributed by atoms with Crippen molar-refractivity contribution in [3.05, 3.63) is 0 Å². The van der Waals surface area contributed by atoms with Crippen molar-refractivity contribution in [2.24, 2.45) is 16.3 Å². The number of nitrogens with one attached hydrogen (secondary N) is 1. The number of piperidine rings is 1. The Labute approximate surface area is 148 Å². The summed E-state index contributed by atoms with van der Waals surface area (Å²) in [5, 5.41) is 3.39. The normalized spacial score (nSPS) is 17.0. The number of nitrogens with zero attached hydrogens (tertiary/aromatic N) is 2. The molecule has 0 atom stereocenters. The van der Waals surface area contributed by atoms with Gasteiger partial charge in [-0.1, -0.05) is 27.2 Å². The van der Waals surface area contributed by atoms with E-state index in [1.807, 2.05) is 6.92 Å². The standard InChI is InChI=1S/C19H37N3O2/c1-6-20-18(21-13-9-8-12-19(3,4)5)22-14-10-16(11-15-22)17(23)24-7-2/h16H,6-15H2,1-5H3,(H,20,21). The van der Waals surface area contributed by atoms with Gasteiger partial charge in [-0.3, -0.25) is 9.79 Å². The van der Waals surface area contributed by atoms with Gasteiger partial charge in [0, 0.05) is 26.2 Å². The van der Waals surface area contributed by atoms with Gasteiger partial charge in [0.1, 0.15) is 0 Å². The molecule has 140 valence electrons. The number of aliphatic imine (C=N–C) groups is 1. The fourth-order valence-electron chi connectivity index (χ4n) is 2.97. The summed E-state index contributed by atoms with van der Waals surface area (Å²) in [7, 11) is 0. The third-order valence-electron chi connectivity index (χ3n) is 4.35. The van der Waals surface area contributed by atoms with E-state index in [0.29, 0.717) is 12.0 Å². The van der Waals surface area contributed by atoms with E-state index < -0.39 is 0 Å². The van der Waals surface area contributed by atoms with Gasteiger partial charge in [-0.05, 0) is 44.9 Å². The number of ether oxygens (including phenoxy) is 1. The zero-order valence-electron chi connectivity index (χ0n) is 16.4. The number of likely N-dealkylation sites (tertiary alicyclic amines) is 1. The molecule has 0 aliphatic carbocycles. The fourth-order valence-corrected chi connectivity index (χ4v) is 2.97. The maximum Gasteiger partial charge on any atom is 0.309 e. The first-order valence-electron chi connectivity index (χ1n) is 9.57. The average molecular weight is 340 g/mol. The molecule has 1 saturated heterocycles. The van der Waals surface area contributed by atoms with Crippen LogP contribution in [0.1, 0.15) is 66.7 Å². The Bertz CT molecular complexity index is 394. The SMILES string of the molecule is CCNC(=NCCCCC(C)(C)C)N1CCC(C(=O)OCC)CC1. The zero-order chi connectivity index (χ0) is 18.0. The van der Waals surface area contributed by atoms with Crippen LogP contribution < -0.4 is 5.32 Å². The number of guanidine groups is 1. The average Bonchev–Trinajstić information content (AvgIpc) is 2.53. The lowest BCUT2D eigenvalue weighted by Gasteiger charge is -2.33. The first kappa shape index (κ1) is 20.8. The maximum atomic E-state index is 11.8. The first-order valence-corrected chi connectivity index (χ1v) is 9.57. The van der Waals surface area contributed by atoms with Crippen molar-refractivity contribution in [3.63, 3.8) is 0 Å². The molecule has 0 bridgehead atoms. The highest BCUT2D eigenvalue weighted by Crippen LogP contribution is 2.21. The molecule has 1 rings (SSSR count). The molecule has 1 aliphatic heterocycles. The van der Waals surface area contributed by atoms with Gasteiger partial charge in [0.2, 0.25) is 0 Å². The summed E-state index contributed by atoms with van der Waals surface area (Å²) in [5.41, 5.74) is 0.406. The van der Waals surface area contributed by atoms with Crippen molar-refractivity contribution in [1.82, 2.24) is 10.2 Å². The number of esters is 1. The summed E-state index contributed by atoms with van der Waals surface area (Å²) in [6.07, 6.45) is 5.30.